The summed E-state index contributed by atoms with van der Waals surface area (Å²) in [6.07, 6.45) is 1.97. The number of aliphatic carboxylic acids is 1. The van der Waals surface area contributed by atoms with Crippen LogP contribution in [0.1, 0.15) is 18.7 Å². The average molecular weight is 184 g/mol. The number of imidazole rings is 1. The molecule has 0 spiro atoms. The van der Waals surface area contributed by atoms with Crippen LogP contribution in [0, 0.1) is 5.92 Å². The zero-order valence-electron chi connectivity index (χ0n) is 7.51. The van der Waals surface area contributed by atoms with Crippen LogP contribution in [0.2, 0.25) is 0 Å². The van der Waals surface area contributed by atoms with Gasteiger partial charge < -0.3 is 14.8 Å². The monoisotopic (exact) mass is 184 g/mol. The van der Waals surface area contributed by atoms with E-state index in [1.807, 2.05) is 0 Å². The van der Waals surface area contributed by atoms with Crippen molar-refractivity contribution in [3.63, 3.8) is 0 Å². The lowest BCUT2D eigenvalue weighted by atomic mass is 10.0. The van der Waals surface area contributed by atoms with Crippen LogP contribution in [-0.2, 0) is 11.8 Å². The first-order valence-corrected chi connectivity index (χ1v) is 3.91. The molecule has 0 aliphatic carbocycles. The van der Waals surface area contributed by atoms with Gasteiger partial charge in [0, 0.05) is 7.05 Å². The fourth-order valence-electron chi connectivity index (χ4n) is 1.04. The summed E-state index contributed by atoms with van der Waals surface area (Å²) in [5.74, 6) is -1.84. The summed E-state index contributed by atoms with van der Waals surface area (Å²) in [5, 5.41) is 18.2. The molecule has 0 saturated carbocycles. The van der Waals surface area contributed by atoms with Gasteiger partial charge in [-0.25, -0.2) is 4.98 Å². The summed E-state index contributed by atoms with van der Waals surface area (Å²) in [7, 11) is 1.71. The molecule has 5 nitrogen and oxygen atoms in total. The lowest BCUT2D eigenvalue weighted by Gasteiger charge is -2.14. The number of rotatable bonds is 3. The van der Waals surface area contributed by atoms with Crippen molar-refractivity contribution < 1.29 is 15.0 Å². The van der Waals surface area contributed by atoms with E-state index >= 15 is 0 Å². The van der Waals surface area contributed by atoms with E-state index in [2.05, 4.69) is 4.98 Å². The van der Waals surface area contributed by atoms with Gasteiger partial charge >= 0.3 is 5.97 Å². The van der Waals surface area contributed by atoms with E-state index in [1.165, 1.54) is 19.4 Å². The predicted molar refractivity (Wildman–Crippen MR) is 45.0 cm³/mol. The summed E-state index contributed by atoms with van der Waals surface area (Å²) in [6.45, 7) is 1.46. The third-order valence-electron chi connectivity index (χ3n) is 2.02. The van der Waals surface area contributed by atoms with Gasteiger partial charge in [-0.15, -0.1) is 0 Å². The van der Waals surface area contributed by atoms with Crippen LogP contribution in [0.15, 0.2) is 12.5 Å². The number of aliphatic hydroxyl groups is 1. The second kappa shape index (κ2) is 3.57. The first-order valence-electron chi connectivity index (χ1n) is 3.91. The molecule has 0 amide bonds. The summed E-state index contributed by atoms with van der Waals surface area (Å²) in [4.78, 5) is 14.4. The van der Waals surface area contributed by atoms with Crippen LogP contribution in [0.25, 0.3) is 0 Å². The van der Waals surface area contributed by atoms with Crippen molar-refractivity contribution >= 4 is 5.97 Å². The molecule has 0 saturated heterocycles. The Balaban J connectivity index is 2.85. The number of aryl methyl sites for hydroxylation is 1. The van der Waals surface area contributed by atoms with Gasteiger partial charge in [0.15, 0.2) is 0 Å². The molecular formula is C8H12N2O3. The van der Waals surface area contributed by atoms with E-state index in [9.17, 15) is 9.90 Å². The highest BCUT2D eigenvalue weighted by atomic mass is 16.4. The van der Waals surface area contributed by atoms with Gasteiger partial charge in [0.25, 0.3) is 0 Å². The highest BCUT2D eigenvalue weighted by Crippen LogP contribution is 2.20. The number of carboxylic acid groups (broad SMARTS) is 1. The predicted octanol–water partition coefficient (Wildman–Crippen LogP) is 0.174. The van der Waals surface area contributed by atoms with Gasteiger partial charge in [-0.2, -0.15) is 0 Å². The molecule has 0 bridgehead atoms. The van der Waals surface area contributed by atoms with Crippen molar-refractivity contribution in [3.8, 4) is 0 Å². The smallest absolute Gasteiger partial charge is 0.309 e. The maximum atomic E-state index is 10.6. The molecule has 1 rings (SSSR count). The van der Waals surface area contributed by atoms with Gasteiger partial charge in [-0.1, -0.05) is 0 Å². The van der Waals surface area contributed by atoms with Crippen molar-refractivity contribution in [3.05, 3.63) is 18.2 Å². The van der Waals surface area contributed by atoms with Crippen molar-refractivity contribution in [1.29, 1.82) is 0 Å². The highest BCUT2D eigenvalue weighted by Gasteiger charge is 2.24. The Bertz CT molecular complexity index is 308. The molecule has 72 valence electrons. The average Bonchev–Trinajstić information content (AvgIpc) is 2.48. The number of nitrogens with zero attached hydrogens (tertiary/aromatic N) is 2. The molecule has 1 heterocycles. The number of hydrogen-bond acceptors (Lipinski definition) is 3. The molecule has 1 aromatic heterocycles. The van der Waals surface area contributed by atoms with Crippen LogP contribution in [-0.4, -0.2) is 25.7 Å². The Morgan fingerprint density at radius 1 is 1.69 bits per heavy atom. The molecule has 2 atom stereocenters. The molecule has 0 aromatic carbocycles. The highest BCUT2D eigenvalue weighted by molar-refractivity contribution is 5.70. The third-order valence-corrected chi connectivity index (χ3v) is 2.02. The molecule has 0 aliphatic heterocycles. The van der Waals surface area contributed by atoms with Gasteiger partial charge in [0.05, 0.1) is 24.1 Å². The summed E-state index contributed by atoms with van der Waals surface area (Å²) < 4.78 is 1.60. The van der Waals surface area contributed by atoms with E-state index in [-0.39, 0.29) is 0 Å². The summed E-state index contributed by atoms with van der Waals surface area (Å²) in [5.41, 5.74) is 0.509. The zero-order chi connectivity index (χ0) is 10.0. The van der Waals surface area contributed by atoms with Crippen molar-refractivity contribution in [2.24, 2.45) is 13.0 Å². The first kappa shape index (κ1) is 9.73. The Morgan fingerprint density at radius 2 is 2.31 bits per heavy atom. The molecule has 5 heteroatoms. The zero-order valence-corrected chi connectivity index (χ0v) is 7.51. The molecular weight excluding hydrogens is 172 g/mol. The first-order chi connectivity index (χ1) is 6.04. The normalized spacial score (nSPS) is 15.3. The van der Waals surface area contributed by atoms with Gasteiger partial charge in [-0.05, 0) is 6.92 Å². The fraction of sp³-hybridized carbons (Fsp3) is 0.500. The molecule has 13 heavy (non-hydrogen) atoms. The Morgan fingerprint density at radius 3 is 2.69 bits per heavy atom. The number of aliphatic hydroxyl groups excluding tert-OH is 1. The van der Waals surface area contributed by atoms with Gasteiger partial charge in [0.1, 0.15) is 6.10 Å². The SMILES string of the molecule is CC(C(=O)O)C(O)c1cncn1C. The molecule has 2 unspecified atom stereocenters. The standard InChI is InChI=1S/C8H12N2O3/c1-5(8(12)13)7(11)6-3-9-4-10(6)2/h3-5,7,11H,1-2H3,(H,12,13). The summed E-state index contributed by atoms with van der Waals surface area (Å²) in [6, 6.07) is 0. The number of carbonyl (C=O) groups is 1. The Kier molecular flexibility index (Phi) is 2.67. The molecule has 0 fully saturated rings. The molecule has 1 aromatic rings. The van der Waals surface area contributed by atoms with Crippen LogP contribution < -0.4 is 0 Å². The minimum Gasteiger partial charge on any atom is -0.481 e. The quantitative estimate of drug-likeness (QED) is 0.702. The van der Waals surface area contributed by atoms with Gasteiger partial charge in [0.2, 0.25) is 0 Å². The topological polar surface area (TPSA) is 75.3 Å². The largest absolute Gasteiger partial charge is 0.481 e. The van der Waals surface area contributed by atoms with Crippen LogP contribution in [0.5, 0.6) is 0 Å². The minimum atomic E-state index is -1.02. The maximum Gasteiger partial charge on any atom is 0.309 e. The molecule has 2 N–H and O–H groups in total. The van der Waals surface area contributed by atoms with E-state index in [0.29, 0.717) is 5.69 Å². The lowest BCUT2D eigenvalue weighted by Crippen LogP contribution is -2.20. The van der Waals surface area contributed by atoms with Crippen LogP contribution in [0.4, 0.5) is 0 Å². The maximum absolute atomic E-state index is 10.6. The summed E-state index contributed by atoms with van der Waals surface area (Å²) >= 11 is 0. The van der Waals surface area contributed by atoms with Crippen molar-refractivity contribution in [2.45, 2.75) is 13.0 Å². The second-order valence-corrected chi connectivity index (χ2v) is 3.00. The fourth-order valence-corrected chi connectivity index (χ4v) is 1.04. The Hall–Kier alpha value is -1.36. The Labute approximate surface area is 75.6 Å². The van der Waals surface area contributed by atoms with Gasteiger partial charge in [-0.3, -0.25) is 4.79 Å². The minimum absolute atomic E-state index is 0.509. The van der Waals surface area contributed by atoms with E-state index < -0.39 is 18.0 Å². The van der Waals surface area contributed by atoms with E-state index in [1.54, 1.807) is 11.6 Å². The van der Waals surface area contributed by atoms with E-state index in [4.69, 9.17) is 5.11 Å². The van der Waals surface area contributed by atoms with E-state index in [0.717, 1.165) is 0 Å². The number of carboxylic acids is 1. The van der Waals surface area contributed by atoms with Crippen molar-refractivity contribution in [2.75, 3.05) is 0 Å². The number of hydrogen-bond donors (Lipinski definition) is 2. The van der Waals surface area contributed by atoms with Crippen LogP contribution in [0.3, 0.4) is 0 Å². The third kappa shape index (κ3) is 1.86. The molecule has 0 aliphatic rings. The van der Waals surface area contributed by atoms with Crippen molar-refractivity contribution in [1.82, 2.24) is 9.55 Å². The number of aromatic nitrogens is 2. The van der Waals surface area contributed by atoms with Crippen LogP contribution >= 0.6 is 0 Å². The molecule has 0 radical (unpaired) electrons. The second-order valence-electron chi connectivity index (χ2n) is 3.00. The lowest BCUT2D eigenvalue weighted by molar-refractivity contribution is -0.145.